The van der Waals surface area contributed by atoms with Gasteiger partial charge in [-0.3, -0.25) is 14.3 Å². The van der Waals surface area contributed by atoms with Crippen LogP contribution in [0.25, 0.3) is 11.3 Å². The number of rotatable bonds is 3. The van der Waals surface area contributed by atoms with Gasteiger partial charge in [0.15, 0.2) is 0 Å². The molecule has 30 heavy (non-hydrogen) atoms. The summed E-state index contributed by atoms with van der Waals surface area (Å²) >= 11 is 0. The van der Waals surface area contributed by atoms with Crippen molar-refractivity contribution in [2.24, 2.45) is 5.92 Å². The normalized spacial score (nSPS) is 20.1. The molecule has 0 aliphatic carbocycles. The van der Waals surface area contributed by atoms with Crippen molar-refractivity contribution < 1.29 is 4.79 Å². The Morgan fingerprint density at radius 1 is 1.20 bits per heavy atom. The fourth-order valence-corrected chi connectivity index (χ4v) is 4.63. The van der Waals surface area contributed by atoms with Crippen LogP contribution in [-0.2, 0) is 13.1 Å². The number of likely N-dealkylation sites (tertiary alicyclic amines) is 1. The van der Waals surface area contributed by atoms with Gasteiger partial charge < -0.3 is 15.2 Å². The van der Waals surface area contributed by atoms with Crippen LogP contribution < -0.4 is 11.3 Å². The third-order valence-electron chi connectivity index (χ3n) is 6.03. The van der Waals surface area contributed by atoms with Crippen molar-refractivity contribution in [3.63, 3.8) is 0 Å². The fourth-order valence-electron chi connectivity index (χ4n) is 4.63. The second-order valence-corrected chi connectivity index (χ2v) is 8.04. The number of carbonyl (C=O) groups is 1. The highest BCUT2D eigenvalue weighted by Crippen LogP contribution is 2.36. The number of carbonyl (C=O) groups excluding carboxylic acids is 1. The first kappa shape index (κ1) is 18.5. The standard InChI is InChI=1S/C21H23N7O2/c1-2-27-11-16(7-25-27)21(30)26-8-13-3-15(10-26)18-4-14(5-20(29)28(18)9-13)17-6-19(22)24-12-23-17/h4-7,11-13,15H,2-3,8-10H2,1H3,(H2,22,23,24)/t13-,15+/m0/s1. The highest BCUT2D eigenvalue weighted by molar-refractivity contribution is 5.93. The first-order chi connectivity index (χ1) is 14.5. The molecule has 2 atom stereocenters. The maximum absolute atomic E-state index is 13.0. The minimum Gasteiger partial charge on any atom is -0.384 e. The zero-order valence-electron chi connectivity index (χ0n) is 16.7. The first-order valence-corrected chi connectivity index (χ1v) is 10.2. The van der Waals surface area contributed by atoms with Gasteiger partial charge in [-0.05, 0) is 25.3 Å². The van der Waals surface area contributed by atoms with Gasteiger partial charge in [0.25, 0.3) is 11.5 Å². The lowest BCUT2D eigenvalue weighted by atomic mass is 9.82. The number of aromatic nitrogens is 5. The zero-order chi connectivity index (χ0) is 20.8. The summed E-state index contributed by atoms with van der Waals surface area (Å²) in [5.41, 5.74) is 8.66. The lowest BCUT2D eigenvalue weighted by Gasteiger charge is -2.42. The third kappa shape index (κ3) is 3.16. The van der Waals surface area contributed by atoms with Crippen molar-refractivity contribution in [1.29, 1.82) is 0 Å². The van der Waals surface area contributed by atoms with E-state index in [4.69, 9.17) is 5.73 Å². The molecule has 5 heterocycles. The average molecular weight is 405 g/mol. The summed E-state index contributed by atoms with van der Waals surface area (Å²) in [6, 6.07) is 5.28. The highest BCUT2D eigenvalue weighted by Gasteiger charge is 2.37. The number of hydrogen-bond donors (Lipinski definition) is 1. The predicted molar refractivity (Wildman–Crippen MR) is 111 cm³/mol. The summed E-state index contributed by atoms with van der Waals surface area (Å²) in [6.07, 6.45) is 5.79. The minimum atomic E-state index is -0.0432. The third-order valence-corrected chi connectivity index (χ3v) is 6.03. The molecule has 1 amide bonds. The summed E-state index contributed by atoms with van der Waals surface area (Å²) in [4.78, 5) is 36.0. The summed E-state index contributed by atoms with van der Waals surface area (Å²) in [6.45, 7) is 4.58. The van der Waals surface area contributed by atoms with Crippen LogP contribution in [0, 0.1) is 5.92 Å². The molecule has 5 rings (SSSR count). The van der Waals surface area contributed by atoms with Gasteiger partial charge in [0.1, 0.15) is 12.1 Å². The van der Waals surface area contributed by atoms with Crippen molar-refractivity contribution in [2.75, 3.05) is 18.8 Å². The number of hydrogen-bond acceptors (Lipinski definition) is 6. The Labute approximate surface area is 173 Å². The van der Waals surface area contributed by atoms with Crippen molar-refractivity contribution in [1.82, 2.24) is 29.2 Å². The summed E-state index contributed by atoms with van der Waals surface area (Å²) < 4.78 is 3.61. The number of nitrogens with zero attached hydrogens (tertiary/aromatic N) is 6. The molecule has 2 bridgehead atoms. The van der Waals surface area contributed by atoms with Gasteiger partial charge in [-0.2, -0.15) is 5.10 Å². The predicted octanol–water partition coefficient (Wildman–Crippen LogP) is 1.36. The van der Waals surface area contributed by atoms with Gasteiger partial charge in [0.2, 0.25) is 0 Å². The first-order valence-electron chi connectivity index (χ1n) is 10.2. The molecule has 0 aromatic carbocycles. The molecule has 3 aromatic rings. The van der Waals surface area contributed by atoms with E-state index < -0.39 is 0 Å². The maximum atomic E-state index is 13.0. The topological polar surface area (TPSA) is 112 Å². The van der Waals surface area contributed by atoms with Crippen LogP contribution in [-0.4, -0.2) is 48.2 Å². The van der Waals surface area contributed by atoms with Gasteiger partial charge >= 0.3 is 0 Å². The number of piperidine rings is 1. The molecule has 3 aromatic heterocycles. The molecule has 154 valence electrons. The summed E-state index contributed by atoms with van der Waals surface area (Å²) in [5, 5.41) is 4.22. The number of aryl methyl sites for hydroxylation is 1. The molecule has 0 unspecified atom stereocenters. The Bertz CT molecular complexity index is 1180. The van der Waals surface area contributed by atoms with Crippen molar-refractivity contribution in [3.05, 3.63) is 58.5 Å². The molecule has 2 N–H and O–H groups in total. The molecule has 2 aliphatic rings. The smallest absolute Gasteiger partial charge is 0.257 e. The fraction of sp³-hybridized carbons (Fsp3) is 0.381. The maximum Gasteiger partial charge on any atom is 0.257 e. The van der Waals surface area contributed by atoms with Crippen LogP contribution >= 0.6 is 0 Å². The van der Waals surface area contributed by atoms with Gasteiger partial charge in [-0.1, -0.05) is 0 Å². The average Bonchev–Trinajstić information content (AvgIpc) is 3.23. The van der Waals surface area contributed by atoms with Gasteiger partial charge in [-0.15, -0.1) is 0 Å². The Kier molecular flexibility index (Phi) is 4.38. The molecule has 9 nitrogen and oxygen atoms in total. The minimum absolute atomic E-state index is 0.0000690. The van der Waals surface area contributed by atoms with Gasteiger partial charge in [-0.25, -0.2) is 9.97 Å². The van der Waals surface area contributed by atoms with E-state index in [1.54, 1.807) is 29.2 Å². The number of nitrogens with two attached hydrogens (primary N) is 1. The van der Waals surface area contributed by atoms with Crippen LogP contribution in [0.1, 0.15) is 35.3 Å². The quantitative estimate of drug-likeness (QED) is 0.704. The van der Waals surface area contributed by atoms with E-state index in [1.807, 2.05) is 22.5 Å². The van der Waals surface area contributed by atoms with Crippen LogP contribution in [0.5, 0.6) is 0 Å². The van der Waals surface area contributed by atoms with Crippen molar-refractivity contribution in [2.45, 2.75) is 32.4 Å². The lowest BCUT2D eigenvalue weighted by molar-refractivity contribution is 0.0594. The van der Waals surface area contributed by atoms with E-state index in [-0.39, 0.29) is 23.3 Å². The van der Waals surface area contributed by atoms with Crippen LogP contribution in [0.4, 0.5) is 5.82 Å². The number of anilines is 1. The Hall–Kier alpha value is -3.49. The molecule has 0 spiro atoms. The molecule has 1 saturated heterocycles. The second kappa shape index (κ2) is 7.08. The van der Waals surface area contributed by atoms with Gasteiger partial charge in [0, 0.05) is 61.7 Å². The van der Waals surface area contributed by atoms with E-state index in [1.165, 1.54) is 6.33 Å². The van der Waals surface area contributed by atoms with E-state index in [0.717, 1.165) is 24.2 Å². The summed E-state index contributed by atoms with van der Waals surface area (Å²) in [7, 11) is 0. The van der Waals surface area contributed by atoms with E-state index in [2.05, 4.69) is 15.1 Å². The van der Waals surface area contributed by atoms with Crippen molar-refractivity contribution >= 4 is 11.7 Å². The highest BCUT2D eigenvalue weighted by atomic mass is 16.2. The number of pyridine rings is 1. The number of fused-ring (bicyclic) bond motifs is 4. The van der Waals surface area contributed by atoms with Crippen LogP contribution in [0.3, 0.4) is 0 Å². The SMILES string of the molecule is CCn1cc(C(=O)N2C[C@@H]3C[C@H](C2)c2cc(-c4cc(N)ncn4)cc(=O)n2C3)cn1. The lowest BCUT2D eigenvalue weighted by Crippen LogP contribution is -2.49. The van der Waals surface area contributed by atoms with Crippen LogP contribution in [0.2, 0.25) is 0 Å². The molecule has 1 fully saturated rings. The Morgan fingerprint density at radius 3 is 2.83 bits per heavy atom. The van der Waals surface area contributed by atoms with E-state index in [9.17, 15) is 9.59 Å². The molecule has 0 radical (unpaired) electrons. The largest absolute Gasteiger partial charge is 0.384 e. The molecular formula is C21H23N7O2. The molecule has 0 saturated carbocycles. The van der Waals surface area contributed by atoms with E-state index in [0.29, 0.717) is 36.7 Å². The van der Waals surface area contributed by atoms with E-state index >= 15 is 0 Å². The van der Waals surface area contributed by atoms with Crippen molar-refractivity contribution in [3.8, 4) is 11.3 Å². The second-order valence-electron chi connectivity index (χ2n) is 8.04. The summed E-state index contributed by atoms with van der Waals surface area (Å²) in [5.74, 6) is 0.731. The Morgan fingerprint density at radius 2 is 2.07 bits per heavy atom. The molecule has 9 heteroatoms. The molecule has 2 aliphatic heterocycles. The number of nitrogen functional groups attached to an aromatic ring is 1. The number of amides is 1. The molecular weight excluding hydrogens is 382 g/mol. The monoisotopic (exact) mass is 405 g/mol. The zero-order valence-corrected chi connectivity index (χ0v) is 16.7. The van der Waals surface area contributed by atoms with Gasteiger partial charge in [0.05, 0.1) is 17.5 Å². The van der Waals surface area contributed by atoms with Crippen LogP contribution in [0.15, 0.2) is 41.7 Å². The Balaban J connectivity index is 1.47.